The van der Waals surface area contributed by atoms with Crippen molar-refractivity contribution in [3.63, 3.8) is 0 Å². The van der Waals surface area contributed by atoms with Gasteiger partial charge in [-0.1, -0.05) is 36.4 Å². The van der Waals surface area contributed by atoms with E-state index in [4.69, 9.17) is 9.15 Å². The summed E-state index contributed by atoms with van der Waals surface area (Å²) in [5.41, 5.74) is 2.08. The van der Waals surface area contributed by atoms with Crippen LogP contribution in [0.1, 0.15) is 21.7 Å². The molecule has 0 amide bonds. The highest BCUT2D eigenvalue weighted by Crippen LogP contribution is 2.28. The fourth-order valence-electron chi connectivity index (χ4n) is 2.28. The first-order valence-electron chi connectivity index (χ1n) is 6.76. The summed E-state index contributed by atoms with van der Waals surface area (Å²) >= 11 is 0. The van der Waals surface area contributed by atoms with Crippen molar-refractivity contribution in [1.29, 1.82) is 0 Å². The maximum absolute atomic E-state index is 11.3. The van der Waals surface area contributed by atoms with Gasteiger partial charge in [0.05, 0.1) is 7.11 Å². The van der Waals surface area contributed by atoms with E-state index in [1.165, 1.54) is 0 Å². The molecule has 0 aliphatic heterocycles. The van der Waals surface area contributed by atoms with Gasteiger partial charge in [0.1, 0.15) is 11.3 Å². The molecule has 0 aliphatic rings. The molecule has 4 heteroatoms. The Hall–Kier alpha value is -3.01. The van der Waals surface area contributed by atoms with E-state index in [9.17, 15) is 9.90 Å². The van der Waals surface area contributed by atoms with Gasteiger partial charge in [0.25, 0.3) is 0 Å². The first kappa shape index (κ1) is 13.9. The van der Waals surface area contributed by atoms with Gasteiger partial charge in [-0.05, 0) is 29.8 Å². The van der Waals surface area contributed by atoms with E-state index in [0.29, 0.717) is 11.1 Å². The van der Waals surface area contributed by atoms with Gasteiger partial charge >= 0.3 is 5.97 Å². The lowest BCUT2D eigenvalue weighted by Gasteiger charge is -1.99. The van der Waals surface area contributed by atoms with Crippen LogP contribution in [0.3, 0.4) is 0 Å². The molecular formula is C18H14O4. The average molecular weight is 294 g/mol. The summed E-state index contributed by atoms with van der Waals surface area (Å²) in [4.78, 5) is 11.3. The van der Waals surface area contributed by atoms with E-state index in [2.05, 4.69) is 0 Å². The molecule has 1 N–H and O–H groups in total. The zero-order valence-corrected chi connectivity index (χ0v) is 11.9. The minimum absolute atomic E-state index is 0.0500. The molecule has 0 saturated carbocycles. The van der Waals surface area contributed by atoms with E-state index in [1.807, 2.05) is 48.5 Å². The zero-order chi connectivity index (χ0) is 15.5. The second-order valence-corrected chi connectivity index (χ2v) is 4.75. The van der Waals surface area contributed by atoms with E-state index in [-0.39, 0.29) is 5.76 Å². The number of furan rings is 1. The van der Waals surface area contributed by atoms with Gasteiger partial charge in [-0.25, -0.2) is 4.79 Å². The Morgan fingerprint density at radius 1 is 1.09 bits per heavy atom. The highest BCUT2D eigenvalue weighted by Gasteiger charge is 2.17. The lowest BCUT2D eigenvalue weighted by Crippen LogP contribution is -1.95. The van der Waals surface area contributed by atoms with Crippen LogP contribution < -0.4 is 4.74 Å². The summed E-state index contributed by atoms with van der Waals surface area (Å²) in [5.74, 6) is -0.353. The molecule has 2 aromatic carbocycles. The Bertz CT molecular complexity index is 841. The first-order valence-corrected chi connectivity index (χ1v) is 6.76. The summed E-state index contributed by atoms with van der Waals surface area (Å²) in [6.07, 6.45) is 3.61. The molecule has 22 heavy (non-hydrogen) atoms. The molecule has 0 aliphatic carbocycles. The molecule has 3 rings (SSSR count). The lowest BCUT2D eigenvalue weighted by molar-refractivity contribution is 0.0664. The molecule has 0 unspecified atom stereocenters. The Morgan fingerprint density at radius 2 is 1.82 bits per heavy atom. The second kappa shape index (κ2) is 5.77. The quantitative estimate of drug-likeness (QED) is 0.779. The van der Waals surface area contributed by atoms with Gasteiger partial charge in [-0.15, -0.1) is 0 Å². The monoisotopic (exact) mass is 294 g/mol. The van der Waals surface area contributed by atoms with Crippen molar-refractivity contribution >= 4 is 29.1 Å². The highest BCUT2D eigenvalue weighted by molar-refractivity contribution is 6.01. The van der Waals surface area contributed by atoms with Crippen LogP contribution in [-0.2, 0) is 0 Å². The Labute approximate surface area is 127 Å². The van der Waals surface area contributed by atoms with E-state index in [0.717, 1.165) is 16.7 Å². The molecule has 0 atom stereocenters. The van der Waals surface area contributed by atoms with Gasteiger partial charge < -0.3 is 14.3 Å². The van der Waals surface area contributed by atoms with E-state index in [1.54, 1.807) is 19.3 Å². The van der Waals surface area contributed by atoms with E-state index < -0.39 is 5.97 Å². The third kappa shape index (κ3) is 2.59. The predicted molar refractivity (Wildman–Crippen MR) is 85.1 cm³/mol. The van der Waals surface area contributed by atoms with Gasteiger partial charge in [0.2, 0.25) is 5.76 Å². The summed E-state index contributed by atoms with van der Waals surface area (Å²) in [6, 6.07) is 14.8. The van der Waals surface area contributed by atoms with Crippen molar-refractivity contribution in [1.82, 2.24) is 0 Å². The maximum Gasteiger partial charge on any atom is 0.372 e. The Balaban J connectivity index is 2.03. The van der Waals surface area contributed by atoms with Crippen LogP contribution in [0.25, 0.3) is 23.1 Å². The number of hydrogen-bond donors (Lipinski definition) is 1. The fraction of sp³-hybridized carbons (Fsp3) is 0.0556. The largest absolute Gasteiger partial charge is 0.497 e. The van der Waals surface area contributed by atoms with Crippen LogP contribution in [0, 0.1) is 0 Å². The number of carboxylic acid groups (broad SMARTS) is 1. The number of benzene rings is 2. The molecule has 0 radical (unpaired) electrons. The Morgan fingerprint density at radius 3 is 2.50 bits per heavy atom. The molecule has 0 saturated heterocycles. The second-order valence-electron chi connectivity index (χ2n) is 4.75. The Kier molecular flexibility index (Phi) is 3.66. The summed E-state index contributed by atoms with van der Waals surface area (Å²) in [6.45, 7) is 0. The van der Waals surface area contributed by atoms with Crippen LogP contribution in [0.15, 0.2) is 52.9 Å². The number of methoxy groups -OCH3 is 1. The summed E-state index contributed by atoms with van der Waals surface area (Å²) in [7, 11) is 1.61. The van der Waals surface area contributed by atoms with Crippen LogP contribution in [0.2, 0.25) is 0 Å². The predicted octanol–water partition coefficient (Wildman–Crippen LogP) is 4.31. The molecule has 1 heterocycles. The maximum atomic E-state index is 11.3. The van der Waals surface area contributed by atoms with Crippen LogP contribution >= 0.6 is 0 Å². The lowest BCUT2D eigenvalue weighted by atomic mass is 10.1. The fourth-order valence-corrected chi connectivity index (χ4v) is 2.28. The van der Waals surface area contributed by atoms with Crippen molar-refractivity contribution in [2.24, 2.45) is 0 Å². The average Bonchev–Trinajstić information content (AvgIpc) is 2.92. The number of fused-ring (bicyclic) bond motifs is 1. The summed E-state index contributed by atoms with van der Waals surface area (Å²) in [5, 5.41) is 10.1. The molecule has 0 fully saturated rings. The van der Waals surface area contributed by atoms with Crippen LogP contribution in [0.4, 0.5) is 0 Å². The molecule has 0 spiro atoms. The van der Waals surface area contributed by atoms with Gasteiger partial charge in [0, 0.05) is 10.9 Å². The molecule has 110 valence electrons. The third-order valence-electron chi connectivity index (χ3n) is 3.39. The summed E-state index contributed by atoms with van der Waals surface area (Å²) < 4.78 is 10.5. The first-order chi connectivity index (χ1) is 10.7. The SMILES string of the molecule is COc1ccc(C=Cc2c(C(=O)O)oc3ccccc23)cc1. The third-order valence-corrected chi connectivity index (χ3v) is 3.39. The number of carbonyl (C=O) groups is 1. The van der Waals surface area contributed by atoms with Crippen molar-refractivity contribution in [3.8, 4) is 5.75 Å². The van der Waals surface area contributed by atoms with Crippen LogP contribution in [-0.4, -0.2) is 18.2 Å². The number of rotatable bonds is 4. The minimum Gasteiger partial charge on any atom is -0.497 e. The molecular weight excluding hydrogens is 280 g/mol. The minimum atomic E-state index is -1.08. The topological polar surface area (TPSA) is 59.7 Å². The molecule has 0 bridgehead atoms. The normalized spacial score (nSPS) is 11.1. The highest BCUT2D eigenvalue weighted by atomic mass is 16.5. The van der Waals surface area contributed by atoms with Gasteiger partial charge in [0.15, 0.2) is 0 Å². The van der Waals surface area contributed by atoms with Crippen LogP contribution in [0.5, 0.6) is 5.75 Å². The van der Waals surface area contributed by atoms with Crippen molar-refractivity contribution in [3.05, 3.63) is 65.4 Å². The molecule has 3 aromatic rings. The van der Waals surface area contributed by atoms with Crippen molar-refractivity contribution in [2.75, 3.05) is 7.11 Å². The van der Waals surface area contributed by atoms with Crippen molar-refractivity contribution in [2.45, 2.75) is 0 Å². The number of hydrogen-bond acceptors (Lipinski definition) is 3. The van der Waals surface area contributed by atoms with E-state index >= 15 is 0 Å². The molecule has 1 aromatic heterocycles. The standard InChI is InChI=1S/C18H14O4/c1-21-13-9-6-12(7-10-13)8-11-15-14-4-2-3-5-16(14)22-17(15)18(19)20/h2-11H,1H3,(H,19,20). The number of para-hydroxylation sites is 1. The number of ether oxygens (including phenoxy) is 1. The van der Waals surface area contributed by atoms with Crippen molar-refractivity contribution < 1.29 is 19.1 Å². The smallest absolute Gasteiger partial charge is 0.372 e. The zero-order valence-electron chi connectivity index (χ0n) is 11.9. The van der Waals surface area contributed by atoms with Gasteiger partial charge in [-0.3, -0.25) is 0 Å². The number of carboxylic acids is 1. The van der Waals surface area contributed by atoms with Gasteiger partial charge in [-0.2, -0.15) is 0 Å². The number of aromatic carboxylic acids is 1. The molecule has 4 nitrogen and oxygen atoms in total.